The molecule has 1 aromatic rings. The third-order valence-electron chi connectivity index (χ3n) is 3.89. The highest BCUT2D eigenvalue weighted by atomic mass is 16.6. The monoisotopic (exact) mass is 363 g/mol. The topological polar surface area (TPSA) is 83.5 Å². The summed E-state index contributed by atoms with van der Waals surface area (Å²) in [5, 5.41) is 0. The standard InChI is InChI=1S/C18H21NO7/c1-2-19(10-13-3-4-14-15(9-13)24-8-7-23-14)17(20)12-26-18(21)16-11-22-5-6-25-16/h3-4,9,11H,2,5-8,10,12H2,1H3. The van der Waals surface area contributed by atoms with E-state index in [1.54, 1.807) is 4.90 Å². The highest BCUT2D eigenvalue weighted by Gasteiger charge is 2.20. The van der Waals surface area contributed by atoms with Crippen molar-refractivity contribution in [3.8, 4) is 11.5 Å². The van der Waals surface area contributed by atoms with E-state index >= 15 is 0 Å². The average Bonchev–Trinajstić information content (AvgIpc) is 2.70. The molecule has 0 saturated carbocycles. The molecule has 26 heavy (non-hydrogen) atoms. The maximum absolute atomic E-state index is 12.4. The lowest BCUT2D eigenvalue weighted by atomic mass is 10.2. The van der Waals surface area contributed by atoms with Gasteiger partial charge in [-0.15, -0.1) is 0 Å². The normalized spacial score (nSPS) is 15.2. The van der Waals surface area contributed by atoms with Gasteiger partial charge in [0.2, 0.25) is 5.76 Å². The van der Waals surface area contributed by atoms with Crippen molar-refractivity contribution in [3.05, 3.63) is 35.8 Å². The maximum Gasteiger partial charge on any atom is 0.377 e. The van der Waals surface area contributed by atoms with Gasteiger partial charge >= 0.3 is 5.97 Å². The van der Waals surface area contributed by atoms with Crippen LogP contribution in [0.1, 0.15) is 12.5 Å². The molecule has 0 N–H and O–H groups in total. The Morgan fingerprint density at radius 1 is 1.08 bits per heavy atom. The summed E-state index contributed by atoms with van der Waals surface area (Å²) in [7, 11) is 0. The van der Waals surface area contributed by atoms with E-state index in [1.807, 2.05) is 25.1 Å². The van der Waals surface area contributed by atoms with Gasteiger partial charge in [-0.1, -0.05) is 6.07 Å². The molecule has 0 bridgehead atoms. The molecular formula is C18H21NO7. The predicted octanol–water partition coefficient (Wildman–Crippen LogP) is 1.24. The van der Waals surface area contributed by atoms with Crippen molar-refractivity contribution < 1.29 is 33.3 Å². The molecule has 2 heterocycles. The molecule has 3 rings (SSSR count). The molecule has 0 radical (unpaired) electrons. The van der Waals surface area contributed by atoms with Crippen LogP contribution in [0.15, 0.2) is 30.2 Å². The molecule has 1 amide bonds. The average molecular weight is 363 g/mol. The lowest BCUT2D eigenvalue weighted by Crippen LogP contribution is -2.34. The number of nitrogens with zero attached hydrogens (tertiary/aromatic N) is 1. The van der Waals surface area contributed by atoms with Crippen molar-refractivity contribution in [2.24, 2.45) is 0 Å². The second kappa shape index (κ2) is 8.46. The number of rotatable bonds is 6. The third kappa shape index (κ3) is 4.38. The van der Waals surface area contributed by atoms with E-state index in [0.717, 1.165) is 5.56 Å². The van der Waals surface area contributed by atoms with Gasteiger partial charge in [-0.25, -0.2) is 4.79 Å². The Hall–Kier alpha value is -2.90. The molecule has 1 aromatic carbocycles. The van der Waals surface area contributed by atoms with Gasteiger partial charge in [-0.3, -0.25) is 4.79 Å². The highest BCUT2D eigenvalue weighted by molar-refractivity contribution is 5.88. The second-order valence-corrected chi connectivity index (χ2v) is 5.66. The Balaban J connectivity index is 1.55. The molecule has 2 aliphatic rings. The fourth-order valence-electron chi connectivity index (χ4n) is 2.55. The summed E-state index contributed by atoms with van der Waals surface area (Å²) < 4.78 is 26.2. The Kier molecular flexibility index (Phi) is 5.83. The van der Waals surface area contributed by atoms with Gasteiger partial charge < -0.3 is 28.6 Å². The zero-order valence-corrected chi connectivity index (χ0v) is 14.6. The van der Waals surface area contributed by atoms with Gasteiger partial charge in [0.15, 0.2) is 18.1 Å². The number of carbonyl (C=O) groups is 2. The van der Waals surface area contributed by atoms with Crippen LogP contribution in [0.25, 0.3) is 0 Å². The van der Waals surface area contributed by atoms with Crippen LogP contribution in [0.5, 0.6) is 11.5 Å². The number of fused-ring (bicyclic) bond motifs is 1. The molecule has 0 aromatic heterocycles. The van der Waals surface area contributed by atoms with Gasteiger partial charge in [0.1, 0.15) is 32.7 Å². The lowest BCUT2D eigenvalue weighted by molar-refractivity contribution is -0.152. The van der Waals surface area contributed by atoms with Gasteiger partial charge in [0, 0.05) is 13.1 Å². The van der Waals surface area contributed by atoms with Crippen LogP contribution < -0.4 is 9.47 Å². The van der Waals surface area contributed by atoms with Crippen molar-refractivity contribution in [1.29, 1.82) is 0 Å². The van der Waals surface area contributed by atoms with Crippen LogP contribution in [0.4, 0.5) is 0 Å². The number of amides is 1. The molecule has 140 valence electrons. The zero-order chi connectivity index (χ0) is 18.4. The molecule has 0 fully saturated rings. The van der Waals surface area contributed by atoms with E-state index < -0.39 is 5.97 Å². The van der Waals surface area contributed by atoms with E-state index in [9.17, 15) is 9.59 Å². The Bertz CT molecular complexity index is 701. The quantitative estimate of drug-likeness (QED) is 0.703. The summed E-state index contributed by atoms with van der Waals surface area (Å²) in [6.07, 6.45) is 1.20. The minimum absolute atomic E-state index is 0.0288. The van der Waals surface area contributed by atoms with Crippen molar-refractivity contribution in [2.45, 2.75) is 13.5 Å². The number of benzene rings is 1. The predicted molar refractivity (Wildman–Crippen MR) is 89.5 cm³/mol. The van der Waals surface area contributed by atoms with Crippen LogP contribution in [0, 0.1) is 0 Å². The maximum atomic E-state index is 12.4. The minimum Gasteiger partial charge on any atom is -0.493 e. The smallest absolute Gasteiger partial charge is 0.377 e. The summed E-state index contributed by atoms with van der Waals surface area (Å²) in [6, 6.07) is 5.57. The highest BCUT2D eigenvalue weighted by Crippen LogP contribution is 2.31. The first kappa shape index (κ1) is 17.9. The van der Waals surface area contributed by atoms with E-state index in [2.05, 4.69) is 0 Å². The third-order valence-corrected chi connectivity index (χ3v) is 3.89. The van der Waals surface area contributed by atoms with Crippen LogP contribution in [0.2, 0.25) is 0 Å². The van der Waals surface area contributed by atoms with Gasteiger partial charge in [-0.05, 0) is 24.6 Å². The Labute approximate surface area is 151 Å². The summed E-state index contributed by atoms with van der Waals surface area (Å²) >= 11 is 0. The van der Waals surface area contributed by atoms with E-state index in [0.29, 0.717) is 44.4 Å². The summed E-state index contributed by atoms with van der Waals surface area (Å²) in [5.74, 6) is 0.330. The Morgan fingerprint density at radius 3 is 2.58 bits per heavy atom. The lowest BCUT2D eigenvalue weighted by Gasteiger charge is -2.23. The minimum atomic E-state index is -0.714. The number of esters is 1. The van der Waals surface area contributed by atoms with Crippen molar-refractivity contribution in [3.63, 3.8) is 0 Å². The molecule has 0 saturated heterocycles. The molecule has 8 heteroatoms. The molecule has 0 aliphatic carbocycles. The zero-order valence-electron chi connectivity index (χ0n) is 14.6. The van der Waals surface area contributed by atoms with E-state index in [1.165, 1.54) is 6.26 Å². The summed E-state index contributed by atoms with van der Waals surface area (Å²) in [5.41, 5.74) is 0.905. The molecular weight excluding hydrogens is 342 g/mol. The van der Waals surface area contributed by atoms with Crippen LogP contribution in [0.3, 0.4) is 0 Å². The van der Waals surface area contributed by atoms with Crippen molar-refractivity contribution >= 4 is 11.9 Å². The largest absolute Gasteiger partial charge is 0.493 e. The fraction of sp³-hybridized carbons (Fsp3) is 0.444. The van der Waals surface area contributed by atoms with Crippen LogP contribution >= 0.6 is 0 Å². The van der Waals surface area contributed by atoms with Crippen molar-refractivity contribution in [2.75, 3.05) is 39.6 Å². The van der Waals surface area contributed by atoms with Crippen LogP contribution in [-0.4, -0.2) is 56.4 Å². The fourth-order valence-corrected chi connectivity index (χ4v) is 2.55. The number of carbonyl (C=O) groups excluding carboxylic acids is 2. The first-order chi connectivity index (χ1) is 12.7. The SMILES string of the molecule is CCN(Cc1ccc2c(c1)OCCO2)C(=O)COC(=O)C1=COCCO1. The number of ether oxygens (including phenoxy) is 5. The first-order valence-electron chi connectivity index (χ1n) is 8.45. The van der Waals surface area contributed by atoms with Gasteiger partial charge in [0.25, 0.3) is 5.91 Å². The van der Waals surface area contributed by atoms with Crippen molar-refractivity contribution in [1.82, 2.24) is 4.90 Å². The van der Waals surface area contributed by atoms with Gasteiger partial charge in [0.05, 0.1) is 0 Å². The summed E-state index contributed by atoms with van der Waals surface area (Å²) in [4.78, 5) is 25.8. The number of hydrogen-bond acceptors (Lipinski definition) is 7. The Morgan fingerprint density at radius 2 is 1.85 bits per heavy atom. The molecule has 8 nitrogen and oxygen atoms in total. The van der Waals surface area contributed by atoms with Gasteiger partial charge in [-0.2, -0.15) is 0 Å². The molecule has 2 aliphatic heterocycles. The molecule has 0 spiro atoms. The van der Waals surface area contributed by atoms with Crippen LogP contribution in [-0.2, 0) is 30.3 Å². The van der Waals surface area contributed by atoms with E-state index in [4.69, 9.17) is 23.7 Å². The number of likely N-dealkylation sites (N-methyl/N-ethyl adjacent to an activating group) is 1. The number of hydrogen-bond donors (Lipinski definition) is 0. The van der Waals surface area contributed by atoms with E-state index in [-0.39, 0.29) is 24.9 Å². The summed E-state index contributed by atoms with van der Waals surface area (Å²) in [6.45, 7) is 4.05. The first-order valence-corrected chi connectivity index (χ1v) is 8.45. The molecule has 0 unspecified atom stereocenters. The molecule has 0 atom stereocenters. The second-order valence-electron chi connectivity index (χ2n) is 5.66.